The first kappa shape index (κ1) is 21.6. The molecular formula is C25H23N3O3S. The normalized spacial score (nSPS) is 11.4. The average Bonchev–Trinajstić information content (AvgIpc) is 2.74. The van der Waals surface area contributed by atoms with Gasteiger partial charge in [-0.15, -0.1) is 0 Å². The van der Waals surface area contributed by atoms with E-state index in [4.69, 9.17) is 0 Å². The van der Waals surface area contributed by atoms with Crippen LogP contribution in [0.2, 0.25) is 0 Å². The quantitative estimate of drug-likeness (QED) is 0.440. The van der Waals surface area contributed by atoms with E-state index in [1.165, 1.54) is 19.1 Å². The first-order valence-electron chi connectivity index (χ1n) is 10.2. The second-order valence-corrected chi connectivity index (χ2v) is 9.77. The molecule has 0 radical (unpaired) electrons. The van der Waals surface area contributed by atoms with E-state index in [1.54, 1.807) is 12.1 Å². The third-order valence-electron chi connectivity index (χ3n) is 4.99. The van der Waals surface area contributed by atoms with Gasteiger partial charge in [-0.05, 0) is 61.4 Å². The highest BCUT2D eigenvalue weighted by molar-refractivity contribution is 7.90. The summed E-state index contributed by atoms with van der Waals surface area (Å²) in [7, 11) is -3.68. The molecule has 4 aromatic rings. The maximum Gasteiger partial charge on any atom is 0.184 e. The predicted octanol–water partition coefficient (Wildman–Crippen LogP) is 4.79. The molecule has 7 heteroatoms. The van der Waals surface area contributed by atoms with Crippen molar-refractivity contribution >= 4 is 38.2 Å². The van der Waals surface area contributed by atoms with Gasteiger partial charge in [0.15, 0.2) is 15.7 Å². The Bertz CT molecular complexity index is 1400. The molecular weight excluding hydrogens is 422 g/mol. The van der Waals surface area contributed by atoms with Gasteiger partial charge in [-0.3, -0.25) is 4.79 Å². The summed E-state index contributed by atoms with van der Waals surface area (Å²) in [5.41, 5.74) is 4.31. The van der Waals surface area contributed by atoms with Gasteiger partial charge in [0.1, 0.15) is 11.5 Å². The number of aryl methyl sites for hydroxylation is 1. The van der Waals surface area contributed by atoms with Crippen LogP contribution >= 0.6 is 0 Å². The van der Waals surface area contributed by atoms with Crippen molar-refractivity contribution in [2.24, 2.45) is 0 Å². The molecule has 0 aliphatic rings. The van der Waals surface area contributed by atoms with Crippen LogP contribution in [-0.4, -0.2) is 24.2 Å². The molecule has 32 heavy (non-hydrogen) atoms. The second kappa shape index (κ2) is 8.88. The minimum Gasteiger partial charge on any atom is -0.339 e. The summed E-state index contributed by atoms with van der Waals surface area (Å²) in [5, 5.41) is 3.23. The van der Waals surface area contributed by atoms with Gasteiger partial charge in [-0.25, -0.2) is 18.4 Å². The number of hydrogen-bond donors (Lipinski definition) is 1. The Morgan fingerprint density at radius 1 is 0.906 bits per heavy atom. The Balaban J connectivity index is 1.71. The summed E-state index contributed by atoms with van der Waals surface area (Å²) in [4.78, 5) is 20.8. The highest BCUT2D eigenvalue weighted by Gasteiger charge is 2.20. The third-order valence-corrected chi connectivity index (χ3v) is 6.63. The lowest BCUT2D eigenvalue weighted by Crippen LogP contribution is -2.10. The van der Waals surface area contributed by atoms with Crippen LogP contribution < -0.4 is 5.32 Å². The van der Waals surface area contributed by atoms with Crippen LogP contribution in [0, 0.1) is 6.92 Å². The van der Waals surface area contributed by atoms with E-state index in [2.05, 4.69) is 15.3 Å². The van der Waals surface area contributed by atoms with Gasteiger partial charge < -0.3 is 5.32 Å². The number of ketones is 1. The van der Waals surface area contributed by atoms with Crippen molar-refractivity contribution in [1.82, 2.24) is 9.97 Å². The van der Waals surface area contributed by atoms with E-state index in [-0.39, 0.29) is 22.9 Å². The molecule has 0 unspecified atom stereocenters. The lowest BCUT2D eigenvalue weighted by Gasteiger charge is -2.13. The fourth-order valence-electron chi connectivity index (χ4n) is 3.46. The zero-order valence-corrected chi connectivity index (χ0v) is 18.7. The topological polar surface area (TPSA) is 89.0 Å². The van der Waals surface area contributed by atoms with Gasteiger partial charge in [-0.2, -0.15) is 0 Å². The van der Waals surface area contributed by atoms with Gasteiger partial charge in [0, 0.05) is 12.1 Å². The lowest BCUT2D eigenvalue weighted by atomic mass is 10.1. The fourth-order valence-corrected chi connectivity index (χ4v) is 4.74. The van der Waals surface area contributed by atoms with Crippen molar-refractivity contribution in [2.45, 2.75) is 30.9 Å². The van der Waals surface area contributed by atoms with Crippen molar-refractivity contribution in [3.8, 4) is 0 Å². The van der Waals surface area contributed by atoms with Crippen LogP contribution in [0.5, 0.6) is 0 Å². The molecule has 4 rings (SSSR count). The number of para-hydroxylation sites is 2. The number of sulfone groups is 1. The number of aromatic nitrogens is 2. The van der Waals surface area contributed by atoms with Crippen molar-refractivity contribution < 1.29 is 13.2 Å². The van der Waals surface area contributed by atoms with Crippen molar-refractivity contribution in [3.63, 3.8) is 0 Å². The molecule has 0 aliphatic carbocycles. The molecule has 1 N–H and O–H groups in total. The van der Waals surface area contributed by atoms with E-state index in [0.717, 1.165) is 16.8 Å². The van der Waals surface area contributed by atoms with Crippen molar-refractivity contribution in [3.05, 3.63) is 89.6 Å². The number of rotatable bonds is 7. The highest BCUT2D eigenvalue weighted by atomic mass is 32.2. The summed E-state index contributed by atoms with van der Waals surface area (Å²) in [6.07, 6.45) is 0.279. The number of anilines is 2. The Morgan fingerprint density at radius 3 is 2.25 bits per heavy atom. The van der Waals surface area contributed by atoms with Crippen LogP contribution in [-0.2, 0) is 26.8 Å². The number of nitrogens with one attached hydrogen (secondary N) is 1. The average molecular weight is 446 g/mol. The summed E-state index contributed by atoms with van der Waals surface area (Å²) in [6, 6.07) is 21.6. The summed E-state index contributed by atoms with van der Waals surface area (Å²) in [5.74, 6) is 0.135. The number of fused-ring (bicyclic) bond motifs is 1. The number of nitrogens with zero attached hydrogens (tertiary/aromatic N) is 2. The molecule has 0 amide bonds. The standard InChI is InChI=1S/C25H23N3O3S/c1-17-6-5-7-20(14-17)26-25-24(27-22-8-3-4-9-23(22)28-25)16-32(30,31)21-12-10-19(11-13-21)15-18(2)29/h3-14H,15-16H2,1-2H3,(H,26,28). The van der Waals surface area contributed by atoms with Crippen LogP contribution in [0.1, 0.15) is 23.7 Å². The van der Waals surface area contributed by atoms with E-state index < -0.39 is 9.84 Å². The molecule has 0 fully saturated rings. The Labute approximate surface area is 187 Å². The molecule has 3 aromatic carbocycles. The predicted molar refractivity (Wildman–Crippen MR) is 126 cm³/mol. The largest absolute Gasteiger partial charge is 0.339 e. The van der Waals surface area contributed by atoms with Crippen molar-refractivity contribution in [2.75, 3.05) is 5.32 Å². The Hall–Kier alpha value is -3.58. The van der Waals surface area contributed by atoms with Gasteiger partial charge in [0.05, 0.1) is 21.6 Å². The minimum atomic E-state index is -3.68. The first-order valence-corrected chi connectivity index (χ1v) is 11.9. The maximum absolute atomic E-state index is 13.2. The third kappa shape index (κ3) is 5.00. The van der Waals surface area contributed by atoms with Crippen LogP contribution in [0.25, 0.3) is 11.0 Å². The van der Waals surface area contributed by atoms with Crippen LogP contribution in [0.4, 0.5) is 11.5 Å². The molecule has 6 nitrogen and oxygen atoms in total. The first-order chi connectivity index (χ1) is 15.3. The van der Waals surface area contributed by atoms with Crippen LogP contribution in [0.15, 0.2) is 77.7 Å². The van der Waals surface area contributed by atoms with E-state index in [1.807, 2.05) is 55.5 Å². The molecule has 0 bridgehead atoms. The Kier molecular flexibility index (Phi) is 6.01. The van der Waals surface area contributed by atoms with E-state index >= 15 is 0 Å². The zero-order valence-electron chi connectivity index (χ0n) is 17.9. The van der Waals surface area contributed by atoms with Gasteiger partial charge in [-0.1, -0.05) is 36.4 Å². The lowest BCUT2D eigenvalue weighted by molar-refractivity contribution is -0.116. The van der Waals surface area contributed by atoms with Crippen LogP contribution in [0.3, 0.4) is 0 Å². The van der Waals surface area contributed by atoms with Gasteiger partial charge in [0.25, 0.3) is 0 Å². The molecule has 1 heterocycles. The number of benzene rings is 3. The second-order valence-electron chi connectivity index (χ2n) is 7.78. The number of carbonyl (C=O) groups is 1. The minimum absolute atomic E-state index is 0.0268. The molecule has 0 saturated carbocycles. The fraction of sp³-hybridized carbons (Fsp3) is 0.160. The smallest absolute Gasteiger partial charge is 0.184 e. The SMILES string of the molecule is CC(=O)Cc1ccc(S(=O)(=O)Cc2nc3ccccc3nc2Nc2cccc(C)c2)cc1. The monoisotopic (exact) mass is 445 g/mol. The molecule has 1 aromatic heterocycles. The number of Topliss-reactive ketones (excluding diaryl/α,β-unsaturated/α-hetero) is 1. The zero-order chi connectivity index (χ0) is 22.7. The summed E-state index contributed by atoms with van der Waals surface area (Å²) >= 11 is 0. The molecule has 162 valence electrons. The van der Waals surface area contributed by atoms with Gasteiger partial charge >= 0.3 is 0 Å². The molecule has 0 aliphatic heterocycles. The molecule has 0 atom stereocenters. The summed E-state index contributed by atoms with van der Waals surface area (Å²) < 4.78 is 26.3. The Morgan fingerprint density at radius 2 is 1.59 bits per heavy atom. The van der Waals surface area contributed by atoms with E-state index in [0.29, 0.717) is 22.5 Å². The number of hydrogen-bond acceptors (Lipinski definition) is 6. The summed E-state index contributed by atoms with van der Waals surface area (Å²) in [6.45, 7) is 3.49. The van der Waals surface area contributed by atoms with Gasteiger partial charge in [0.2, 0.25) is 0 Å². The molecule has 0 spiro atoms. The van der Waals surface area contributed by atoms with E-state index in [9.17, 15) is 13.2 Å². The maximum atomic E-state index is 13.2. The van der Waals surface area contributed by atoms with Crippen molar-refractivity contribution in [1.29, 1.82) is 0 Å². The molecule has 0 saturated heterocycles. The highest BCUT2D eigenvalue weighted by Crippen LogP contribution is 2.25. The number of carbonyl (C=O) groups excluding carboxylic acids is 1.